The highest BCUT2D eigenvalue weighted by atomic mass is 16.6. The summed E-state index contributed by atoms with van der Waals surface area (Å²) in [5, 5.41) is 10.4. The summed E-state index contributed by atoms with van der Waals surface area (Å²) in [6.45, 7) is 9.20. The van der Waals surface area contributed by atoms with E-state index in [9.17, 15) is 14.7 Å². The van der Waals surface area contributed by atoms with Gasteiger partial charge in [-0.25, -0.2) is 4.79 Å². The number of hydrogen-bond acceptors (Lipinski definition) is 5. The largest absolute Gasteiger partial charge is 0.458 e. The second kappa shape index (κ2) is 11.7. The third-order valence-corrected chi connectivity index (χ3v) is 5.52. The highest BCUT2D eigenvalue weighted by Crippen LogP contribution is 2.32. The van der Waals surface area contributed by atoms with Gasteiger partial charge >= 0.3 is 11.9 Å². The van der Waals surface area contributed by atoms with Gasteiger partial charge in [0.2, 0.25) is 0 Å². The molecular formula is C26H34O5. The monoisotopic (exact) mass is 426 g/mol. The molecule has 1 aromatic carbocycles. The third kappa shape index (κ3) is 7.83. The van der Waals surface area contributed by atoms with Gasteiger partial charge in [-0.15, -0.1) is 0 Å². The zero-order valence-corrected chi connectivity index (χ0v) is 19.1. The van der Waals surface area contributed by atoms with Crippen LogP contribution in [0.1, 0.15) is 53.0 Å². The van der Waals surface area contributed by atoms with E-state index in [-0.39, 0.29) is 11.8 Å². The molecule has 5 heteroatoms. The first-order valence-electron chi connectivity index (χ1n) is 10.8. The predicted molar refractivity (Wildman–Crippen MR) is 122 cm³/mol. The minimum Gasteiger partial charge on any atom is -0.458 e. The molecule has 1 aromatic rings. The Kier molecular flexibility index (Phi) is 9.25. The SMILES string of the molecule is CC(=O)O[C@H]1/C=C(\C)[C@H](O)C/C=C(\C)C[C@H](OC(=O)/C=C/c2ccccc2)[C@H]1C(C)C. The fraction of sp³-hybridized carbons (Fsp3) is 0.462. The smallest absolute Gasteiger partial charge is 0.331 e. The van der Waals surface area contributed by atoms with Crippen molar-refractivity contribution in [2.75, 3.05) is 0 Å². The van der Waals surface area contributed by atoms with Crippen molar-refractivity contribution in [1.82, 2.24) is 0 Å². The van der Waals surface area contributed by atoms with Gasteiger partial charge in [0.15, 0.2) is 0 Å². The van der Waals surface area contributed by atoms with E-state index in [1.54, 1.807) is 12.2 Å². The van der Waals surface area contributed by atoms with Crippen molar-refractivity contribution in [2.45, 2.75) is 65.8 Å². The van der Waals surface area contributed by atoms with E-state index in [2.05, 4.69) is 0 Å². The first-order chi connectivity index (χ1) is 14.7. The molecule has 5 nitrogen and oxygen atoms in total. The molecular weight excluding hydrogens is 392 g/mol. The maximum absolute atomic E-state index is 12.7. The van der Waals surface area contributed by atoms with Crippen LogP contribution < -0.4 is 0 Å². The van der Waals surface area contributed by atoms with E-state index in [0.29, 0.717) is 12.8 Å². The Bertz CT molecular complexity index is 835. The average molecular weight is 427 g/mol. The summed E-state index contributed by atoms with van der Waals surface area (Å²) in [6, 6.07) is 9.54. The predicted octanol–water partition coefficient (Wildman–Crippen LogP) is 4.86. The maximum Gasteiger partial charge on any atom is 0.331 e. The molecule has 1 aliphatic carbocycles. The summed E-state index contributed by atoms with van der Waals surface area (Å²) in [6.07, 6.45) is 6.16. The van der Waals surface area contributed by atoms with Gasteiger partial charge in [-0.05, 0) is 49.5 Å². The lowest BCUT2D eigenvalue weighted by molar-refractivity contribution is -0.156. The summed E-state index contributed by atoms with van der Waals surface area (Å²) in [4.78, 5) is 24.5. The van der Waals surface area contributed by atoms with Crippen LogP contribution in [0.4, 0.5) is 0 Å². The Labute approximate surface area is 185 Å². The Morgan fingerprint density at radius 1 is 1.13 bits per heavy atom. The lowest BCUT2D eigenvalue weighted by Gasteiger charge is -2.35. The van der Waals surface area contributed by atoms with Crippen molar-refractivity contribution in [3.8, 4) is 0 Å². The number of hydrogen-bond donors (Lipinski definition) is 1. The third-order valence-electron chi connectivity index (χ3n) is 5.52. The van der Waals surface area contributed by atoms with E-state index in [1.807, 2.05) is 64.1 Å². The summed E-state index contributed by atoms with van der Waals surface area (Å²) in [7, 11) is 0. The molecule has 0 heterocycles. The van der Waals surface area contributed by atoms with Crippen LogP contribution in [0.2, 0.25) is 0 Å². The van der Waals surface area contributed by atoms with Crippen molar-refractivity contribution in [3.05, 3.63) is 65.3 Å². The van der Waals surface area contributed by atoms with Crippen LogP contribution in [-0.4, -0.2) is 35.4 Å². The topological polar surface area (TPSA) is 72.8 Å². The molecule has 0 saturated carbocycles. The highest BCUT2D eigenvalue weighted by Gasteiger charge is 2.36. The number of carbonyl (C=O) groups is 2. The van der Waals surface area contributed by atoms with Gasteiger partial charge in [0.25, 0.3) is 0 Å². The van der Waals surface area contributed by atoms with Crippen molar-refractivity contribution >= 4 is 18.0 Å². The van der Waals surface area contributed by atoms with E-state index < -0.39 is 30.3 Å². The fourth-order valence-electron chi connectivity index (χ4n) is 3.88. The number of carbonyl (C=O) groups excluding carboxylic acids is 2. The molecule has 1 N–H and O–H groups in total. The van der Waals surface area contributed by atoms with Gasteiger partial charge in [0.05, 0.1) is 6.10 Å². The molecule has 0 saturated heterocycles. The minimum absolute atomic E-state index is 0.0636. The van der Waals surface area contributed by atoms with Crippen LogP contribution in [0.25, 0.3) is 6.08 Å². The van der Waals surface area contributed by atoms with Gasteiger partial charge in [0, 0.05) is 25.3 Å². The normalized spacial score (nSPS) is 28.4. The van der Waals surface area contributed by atoms with Crippen LogP contribution >= 0.6 is 0 Å². The van der Waals surface area contributed by atoms with E-state index in [4.69, 9.17) is 9.47 Å². The molecule has 4 atom stereocenters. The zero-order chi connectivity index (χ0) is 23.0. The Morgan fingerprint density at radius 3 is 2.42 bits per heavy atom. The molecule has 168 valence electrons. The lowest BCUT2D eigenvalue weighted by atomic mass is 9.80. The lowest BCUT2D eigenvalue weighted by Crippen LogP contribution is -2.40. The van der Waals surface area contributed by atoms with Crippen molar-refractivity contribution in [1.29, 1.82) is 0 Å². The number of benzene rings is 1. The van der Waals surface area contributed by atoms with Crippen molar-refractivity contribution < 1.29 is 24.2 Å². The number of rotatable bonds is 5. The molecule has 0 aliphatic heterocycles. The van der Waals surface area contributed by atoms with Gasteiger partial charge in [0.1, 0.15) is 12.2 Å². The van der Waals surface area contributed by atoms with E-state index in [1.165, 1.54) is 13.0 Å². The molecule has 2 rings (SSSR count). The summed E-state index contributed by atoms with van der Waals surface area (Å²) >= 11 is 0. The molecule has 31 heavy (non-hydrogen) atoms. The average Bonchev–Trinajstić information content (AvgIpc) is 2.69. The first kappa shape index (κ1) is 24.6. The number of ether oxygens (including phenoxy) is 2. The van der Waals surface area contributed by atoms with Gasteiger partial charge < -0.3 is 14.6 Å². The molecule has 0 fully saturated rings. The van der Waals surface area contributed by atoms with E-state index in [0.717, 1.165) is 16.7 Å². The molecule has 0 bridgehead atoms. The van der Waals surface area contributed by atoms with Crippen LogP contribution in [0.5, 0.6) is 0 Å². The van der Waals surface area contributed by atoms with Gasteiger partial charge in [-0.1, -0.05) is 55.8 Å². The number of esters is 2. The second-order valence-corrected chi connectivity index (χ2v) is 8.53. The Morgan fingerprint density at radius 2 is 1.81 bits per heavy atom. The molecule has 0 spiro atoms. The van der Waals surface area contributed by atoms with Crippen LogP contribution in [0, 0.1) is 11.8 Å². The molecule has 0 aromatic heterocycles. The maximum atomic E-state index is 12.7. The van der Waals surface area contributed by atoms with Crippen molar-refractivity contribution in [3.63, 3.8) is 0 Å². The van der Waals surface area contributed by atoms with E-state index >= 15 is 0 Å². The Balaban J connectivity index is 2.35. The molecule has 0 amide bonds. The number of aliphatic hydroxyl groups is 1. The number of aliphatic hydroxyl groups excluding tert-OH is 1. The van der Waals surface area contributed by atoms with Gasteiger partial charge in [-0.2, -0.15) is 0 Å². The van der Waals surface area contributed by atoms with Crippen molar-refractivity contribution in [2.24, 2.45) is 11.8 Å². The Hall–Kier alpha value is -2.66. The minimum atomic E-state index is -0.645. The summed E-state index contributed by atoms with van der Waals surface area (Å²) < 4.78 is 11.6. The molecule has 0 unspecified atom stereocenters. The molecule has 0 radical (unpaired) electrons. The summed E-state index contributed by atoms with van der Waals surface area (Å²) in [5.41, 5.74) is 2.66. The summed E-state index contributed by atoms with van der Waals surface area (Å²) in [5.74, 6) is -1.05. The van der Waals surface area contributed by atoms with Crippen LogP contribution in [0.3, 0.4) is 0 Å². The quantitative estimate of drug-likeness (QED) is 0.413. The van der Waals surface area contributed by atoms with Crippen LogP contribution in [0.15, 0.2) is 59.7 Å². The van der Waals surface area contributed by atoms with Crippen LogP contribution in [-0.2, 0) is 19.1 Å². The molecule has 1 aliphatic rings. The second-order valence-electron chi connectivity index (χ2n) is 8.53. The first-order valence-corrected chi connectivity index (χ1v) is 10.8. The standard InChI is InChI=1S/C26H34O5/c1-17(2)26-23(31-25(29)14-12-21-9-7-6-8-10-21)15-18(3)11-13-22(28)19(4)16-24(26)30-20(5)27/h6-12,14,16-17,22-24,26,28H,13,15H2,1-5H3/b14-12+,18-11+,19-16+/t22-,23+,24+,26-/m1/s1. The zero-order valence-electron chi connectivity index (χ0n) is 19.1. The highest BCUT2D eigenvalue weighted by molar-refractivity contribution is 5.87. The fourth-order valence-corrected chi connectivity index (χ4v) is 3.88. The van der Waals surface area contributed by atoms with Gasteiger partial charge in [-0.3, -0.25) is 4.79 Å².